The molecule has 2 rings (SSSR count). The van der Waals surface area contributed by atoms with Crippen LogP contribution in [0, 0.1) is 6.92 Å². The highest BCUT2D eigenvalue weighted by Gasteiger charge is 2.04. The quantitative estimate of drug-likeness (QED) is 0.768. The van der Waals surface area contributed by atoms with Gasteiger partial charge in [-0.15, -0.1) is 5.10 Å². The molecule has 5 nitrogen and oxygen atoms in total. The Bertz CT molecular complexity index is 437. The van der Waals surface area contributed by atoms with Crippen LogP contribution in [0.25, 0.3) is 0 Å². The maximum Gasteiger partial charge on any atom is 0.208 e. The van der Waals surface area contributed by atoms with Gasteiger partial charge >= 0.3 is 0 Å². The van der Waals surface area contributed by atoms with E-state index >= 15 is 0 Å². The lowest BCUT2D eigenvalue weighted by molar-refractivity contribution is 0.482. The first-order chi connectivity index (χ1) is 7.28. The SMILES string of the molecule is Cc1nc(SCc2ccc(CN)o2)n[nH]1. The lowest BCUT2D eigenvalue weighted by Crippen LogP contribution is -1.92. The van der Waals surface area contributed by atoms with Gasteiger partial charge in [0.15, 0.2) is 0 Å². The fourth-order valence-corrected chi connectivity index (χ4v) is 1.87. The third-order valence-electron chi connectivity index (χ3n) is 1.84. The molecule has 0 fully saturated rings. The molecule has 2 heterocycles. The van der Waals surface area contributed by atoms with Crippen molar-refractivity contribution in [2.45, 2.75) is 24.4 Å². The van der Waals surface area contributed by atoms with Crippen molar-refractivity contribution in [1.29, 1.82) is 0 Å². The number of nitrogens with zero attached hydrogens (tertiary/aromatic N) is 2. The van der Waals surface area contributed by atoms with Gasteiger partial charge in [-0.2, -0.15) is 0 Å². The van der Waals surface area contributed by atoms with E-state index in [0.717, 1.165) is 28.3 Å². The van der Waals surface area contributed by atoms with Crippen molar-refractivity contribution in [3.8, 4) is 0 Å². The molecule has 0 radical (unpaired) electrons. The Morgan fingerprint density at radius 2 is 2.27 bits per heavy atom. The van der Waals surface area contributed by atoms with Crippen LogP contribution in [-0.4, -0.2) is 15.2 Å². The van der Waals surface area contributed by atoms with E-state index < -0.39 is 0 Å². The predicted octanol–water partition coefficient (Wildman–Crippen LogP) is 1.46. The number of nitrogens with one attached hydrogen (secondary N) is 1. The van der Waals surface area contributed by atoms with Crippen molar-refractivity contribution in [2.24, 2.45) is 5.73 Å². The van der Waals surface area contributed by atoms with Crippen LogP contribution in [0.4, 0.5) is 0 Å². The van der Waals surface area contributed by atoms with E-state index in [0.29, 0.717) is 6.54 Å². The summed E-state index contributed by atoms with van der Waals surface area (Å²) in [4.78, 5) is 4.18. The molecule has 0 spiro atoms. The summed E-state index contributed by atoms with van der Waals surface area (Å²) in [6.45, 7) is 2.31. The lowest BCUT2D eigenvalue weighted by atomic mass is 10.4. The first kappa shape index (κ1) is 10.3. The Labute approximate surface area is 91.5 Å². The molecule has 0 amide bonds. The molecular formula is C9H12N4OS. The van der Waals surface area contributed by atoms with Gasteiger partial charge in [0.05, 0.1) is 12.3 Å². The van der Waals surface area contributed by atoms with Crippen molar-refractivity contribution in [3.63, 3.8) is 0 Å². The van der Waals surface area contributed by atoms with Crippen molar-refractivity contribution in [2.75, 3.05) is 0 Å². The minimum Gasteiger partial charge on any atom is -0.464 e. The molecule has 0 saturated carbocycles. The summed E-state index contributed by atoms with van der Waals surface area (Å²) in [6.07, 6.45) is 0. The van der Waals surface area contributed by atoms with Crippen LogP contribution in [0.15, 0.2) is 21.7 Å². The molecule has 0 aliphatic heterocycles. The van der Waals surface area contributed by atoms with Gasteiger partial charge in [-0.05, 0) is 19.1 Å². The fourth-order valence-electron chi connectivity index (χ4n) is 1.13. The summed E-state index contributed by atoms with van der Waals surface area (Å²) in [6, 6.07) is 3.81. The zero-order chi connectivity index (χ0) is 10.7. The Kier molecular flexibility index (Phi) is 3.08. The maximum atomic E-state index is 5.45. The van der Waals surface area contributed by atoms with Crippen LogP contribution < -0.4 is 5.73 Å². The van der Waals surface area contributed by atoms with Gasteiger partial charge in [-0.25, -0.2) is 4.98 Å². The molecule has 0 bridgehead atoms. The second-order valence-corrected chi connectivity index (χ2v) is 4.01. The molecule has 0 unspecified atom stereocenters. The first-order valence-corrected chi connectivity index (χ1v) is 5.56. The molecule has 0 aliphatic carbocycles. The van der Waals surface area contributed by atoms with Crippen LogP contribution in [-0.2, 0) is 12.3 Å². The van der Waals surface area contributed by atoms with Crippen LogP contribution in [0.3, 0.4) is 0 Å². The number of hydrogen-bond acceptors (Lipinski definition) is 5. The minimum absolute atomic E-state index is 0.435. The largest absolute Gasteiger partial charge is 0.464 e. The Morgan fingerprint density at radius 1 is 1.47 bits per heavy atom. The zero-order valence-electron chi connectivity index (χ0n) is 8.36. The molecule has 3 N–H and O–H groups in total. The number of furan rings is 1. The van der Waals surface area contributed by atoms with E-state index in [2.05, 4.69) is 15.2 Å². The number of aromatic amines is 1. The van der Waals surface area contributed by atoms with E-state index in [4.69, 9.17) is 10.2 Å². The molecule has 80 valence electrons. The summed E-state index contributed by atoms with van der Waals surface area (Å²) in [5.41, 5.74) is 5.44. The van der Waals surface area contributed by atoms with Gasteiger partial charge in [0.25, 0.3) is 0 Å². The van der Waals surface area contributed by atoms with Crippen LogP contribution in [0.1, 0.15) is 17.3 Å². The fraction of sp³-hybridized carbons (Fsp3) is 0.333. The number of aryl methyl sites for hydroxylation is 1. The Balaban J connectivity index is 1.93. The molecule has 0 aliphatic rings. The molecule has 0 saturated heterocycles. The van der Waals surface area contributed by atoms with Gasteiger partial charge < -0.3 is 10.2 Å². The molecule has 0 atom stereocenters. The summed E-state index contributed by atoms with van der Waals surface area (Å²) >= 11 is 1.53. The molecule has 2 aromatic heterocycles. The van der Waals surface area contributed by atoms with Gasteiger partial charge in [0, 0.05) is 0 Å². The van der Waals surface area contributed by atoms with Crippen molar-refractivity contribution < 1.29 is 4.42 Å². The molecule has 2 aromatic rings. The Hall–Kier alpha value is -1.27. The summed E-state index contributed by atoms with van der Waals surface area (Å²) < 4.78 is 5.45. The third kappa shape index (κ3) is 2.60. The van der Waals surface area contributed by atoms with E-state index in [-0.39, 0.29) is 0 Å². The van der Waals surface area contributed by atoms with E-state index in [1.807, 2.05) is 19.1 Å². The highest BCUT2D eigenvalue weighted by Crippen LogP contribution is 2.20. The normalized spacial score (nSPS) is 10.8. The topological polar surface area (TPSA) is 80.7 Å². The van der Waals surface area contributed by atoms with Gasteiger partial charge in [-0.1, -0.05) is 11.8 Å². The van der Waals surface area contributed by atoms with E-state index in [1.165, 1.54) is 11.8 Å². The summed E-state index contributed by atoms with van der Waals surface area (Å²) in [5, 5.41) is 7.54. The van der Waals surface area contributed by atoms with Gasteiger partial charge in [-0.3, -0.25) is 5.10 Å². The van der Waals surface area contributed by atoms with Crippen molar-refractivity contribution in [3.05, 3.63) is 29.5 Å². The first-order valence-electron chi connectivity index (χ1n) is 4.57. The van der Waals surface area contributed by atoms with Crippen molar-refractivity contribution >= 4 is 11.8 Å². The number of hydrogen-bond donors (Lipinski definition) is 2. The summed E-state index contributed by atoms with van der Waals surface area (Å²) in [7, 11) is 0. The highest BCUT2D eigenvalue weighted by atomic mass is 32.2. The van der Waals surface area contributed by atoms with Crippen LogP contribution in [0.5, 0.6) is 0 Å². The molecule has 0 aromatic carbocycles. The molecular weight excluding hydrogens is 212 g/mol. The Morgan fingerprint density at radius 3 is 2.87 bits per heavy atom. The maximum absolute atomic E-state index is 5.45. The number of rotatable bonds is 4. The second kappa shape index (κ2) is 4.50. The molecule has 15 heavy (non-hydrogen) atoms. The number of nitrogens with two attached hydrogens (primary N) is 1. The number of thioether (sulfide) groups is 1. The number of H-pyrrole nitrogens is 1. The minimum atomic E-state index is 0.435. The molecule has 6 heteroatoms. The standard InChI is InChI=1S/C9H12N4OS/c1-6-11-9(13-12-6)15-5-8-3-2-7(4-10)14-8/h2-3H,4-5,10H2,1H3,(H,11,12,13). The van der Waals surface area contributed by atoms with Crippen molar-refractivity contribution in [1.82, 2.24) is 15.2 Å². The van der Waals surface area contributed by atoms with Gasteiger partial charge in [0.2, 0.25) is 5.16 Å². The smallest absolute Gasteiger partial charge is 0.208 e. The van der Waals surface area contributed by atoms with Gasteiger partial charge in [0.1, 0.15) is 17.3 Å². The monoisotopic (exact) mass is 224 g/mol. The highest BCUT2D eigenvalue weighted by molar-refractivity contribution is 7.98. The average molecular weight is 224 g/mol. The van der Waals surface area contributed by atoms with Crippen LogP contribution in [0.2, 0.25) is 0 Å². The summed E-state index contributed by atoms with van der Waals surface area (Å²) in [5.74, 6) is 3.23. The predicted molar refractivity (Wildman–Crippen MR) is 57.3 cm³/mol. The van der Waals surface area contributed by atoms with E-state index in [9.17, 15) is 0 Å². The van der Waals surface area contributed by atoms with Crippen LogP contribution >= 0.6 is 11.8 Å². The zero-order valence-corrected chi connectivity index (χ0v) is 9.17. The average Bonchev–Trinajstić information content (AvgIpc) is 2.83. The second-order valence-electron chi connectivity index (χ2n) is 3.06. The third-order valence-corrected chi connectivity index (χ3v) is 2.71. The van der Waals surface area contributed by atoms with E-state index in [1.54, 1.807) is 0 Å². The lowest BCUT2D eigenvalue weighted by Gasteiger charge is -1.93. The number of aromatic nitrogens is 3.